The Hall–Kier alpha value is -2.38. The maximum absolute atomic E-state index is 12.7. The van der Waals surface area contributed by atoms with Gasteiger partial charge in [0.15, 0.2) is 0 Å². The number of hydrogen-bond donors (Lipinski definition) is 1. The van der Waals surface area contributed by atoms with Gasteiger partial charge in [-0.2, -0.15) is 4.31 Å². The van der Waals surface area contributed by atoms with Gasteiger partial charge in [-0.1, -0.05) is 12.1 Å². The van der Waals surface area contributed by atoms with Crippen molar-refractivity contribution in [1.82, 2.24) is 4.31 Å². The molecule has 7 heteroatoms. The van der Waals surface area contributed by atoms with Crippen LogP contribution in [-0.4, -0.2) is 32.3 Å². The van der Waals surface area contributed by atoms with Crippen molar-refractivity contribution >= 4 is 15.9 Å². The second-order valence-corrected chi connectivity index (χ2v) is 7.74. The number of primary amides is 1. The highest BCUT2D eigenvalue weighted by Crippen LogP contribution is 2.28. The molecule has 3 rings (SSSR count). The van der Waals surface area contributed by atoms with Gasteiger partial charge in [0.25, 0.3) is 0 Å². The van der Waals surface area contributed by atoms with Gasteiger partial charge >= 0.3 is 0 Å². The fourth-order valence-electron chi connectivity index (χ4n) is 2.62. The van der Waals surface area contributed by atoms with Gasteiger partial charge in [0.05, 0.1) is 11.5 Å². The minimum Gasteiger partial charge on any atom is -0.493 e. The van der Waals surface area contributed by atoms with E-state index in [9.17, 15) is 13.2 Å². The van der Waals surface area contributed by atoms with Crippen molar-refractivity contribution < 1.29 is 17.9 Å². The molecular formula is C17H18N2O4S. The van der Waals surface area contributed by atoms with Crippen LogP contribution >= 0.6 is 0 Å². The van der Waals surface area contributed by atoms with Crippen molar-refractivity contribution in [2.75, 3.05) is 13.7 Å². The number of ether oxygens (including phenoxy) is 1. The number of nitrogens with zero attached hydrogens (tertiary/aromatic N) is 1. The highest BCUT2D eigenvalue weighted by molar-refractivity contribution is 7.89. The minimum atomic E-state index is -3.60. The lowest BCUT2D eigenvalue weighted by Crippen LogP contribution is -2.26. The Morgan fingerprint density at radius 1 is 1.21 bits per heavy atom. The molecule has 0 unspecified atom stereocenters. The fraction of sp³-hybridized carbons (Fsp3) is 0.235. The highest BCUT2D eigenvalue weighted by atomic mass is 32.2. The highest BCUT2D eigenvalue weighted by Gasteiger charge is 2.23. The summed E-state index contributed by atoms with van der Waals surface area (Å²) in [4.78, 5) is 11.3. The Morgan fingerprint density at radius 3 is 2.58 bits per heavy atom. The molecule has 1 heterocycles. The van der Waals surface area contributed by atoms with E-state index in [0.717, 1.165) is 23.3 Å². The lowest BCUT2D eigenvalue weighted by Gasteiger charge is -2.18. The van der Waals surface area contributed by atoms with E-state index in [2.05, 4.69) is 0 Å². The quantitative estimate of drug-likeness (QED) is 0.889. The van der Waals surface area contributed by atoms with E-state index >= 15 is 0 Å². The third kappa shape index (κ3) is 3.13. The van der Waals surface area contributed by atoms with E-state index in [0.29, 0.717) is 12.2 Å². The van der Waals surface area contributed by atoms with E-state index in [4.69, 9.17) is 10.5 Å². The maximum atomic E-state index is 12.7. The summed E-state index contributed by atoms with van der Waals surface area (Å²) in [5, 5.41) is 0. The van der Waals surface area contributed by atoms with E-state index in [1.807, 2.05) is 0 Å². The average Bonchev–Trinajstić information content (AvgIpc) is 3.02. The smallest absolute Gasteiger partial charge is 0.248 e. The van der Waals surface area contributed by atoms with Gasteiger partial charge in [0, 0.05) is 25.6 Å². The van der Waals surface area contributed by atoms with Crippen LogP contribution in [-0.2, 0) is 23.0 Å². The summed E-state index contributed by atoms with van der Waals surface area (Å²) in [5.74, 6) is 0.238. The van der Waals surface area contributed by atoms with Crippen LogP contribution in [0.15, 0.2) is 47.4 Å². The molecule has 0 saturated heterocycles. The second kappa shape index (κ2) is 6.26. The zero-order chi connectivity index (χ0) is 17.3. The molecule has 2 aromatic carbocycles. The van der Waals surface area contributed by atoms with E-state index in [1.54, 1.807) is 42.5 Å². The minimum absolute atomic E-state index is 0.203. The van der Waals surface area contributed by atoms with Crippen LogP contribution in [0.25, 0.3) is 0 Å². The second-order valence-electron chi connectivity index (χ2n) is 5.69. The summed E-state index contributed by atoms with van der Waals surface area (Å²) >= 11 is 0. The van der Waals surface area contributed by atoms with Gasteiger partial charge in [0.1, 0.15) is 5.75 Å². The van der Waals surface area contributed by atoms with Crippen LogP contribution in [0.4, 0.5) is 0 Å². The molecular weight excluding hydrogens is 328 g/mol. The first kappa shape index (κ1) is 16.5. The van der Waals surface area contributed by atoms with Crippen LogP contribution in [0, 0.1) is 0 Å². The third-order valence-electron chi connectivity index (χ3n) is 4.01. The molecule has 24 heavy (non-hydrogen) atoms. The van der Waals surface area contributed by atoms with Crippen molar-refractivity contribution in [1.29, 1.82) is 0 Å². The SMILES string of the molecule is CN(Cc1ccc(C(N)=O)cc1)S(=O)(=O)c1ccc2c(c1)CCO2. The largest absolute Gasteiger partial charge is 0.493 e. The number of carbonyl (C=O) groups is 1. The molecule has 0 saturated carbocycles. The van der Waals surface area contributed by atoms with Crippen LogP contribution < -0.4 is 10.5 Å². The molecule has 2 N–H and O–H groups in total. The molecule has 0 aromatic heterocycles. The Morgan fingerprint density at radius 2 is 1.92 bits per heavy atom. The average molecular weight is 346 g/mol. The summed E-state index contributed by atoms with van der Waals surface area (Å²) in [6.45, 7) is 0.788. The predicted molar refractivity (Wildman–Crippen MR) is 89.3 cm³/mol. The van der Waals surface area contributed by atoms with E-state index < -0.39 is 15.9 Å². The van der Waals surface area contributed by atoms with Gasteiger partial charge in [-0.3, -0.25) is 4.79 Å². The first-order chi connectivity index (χ1) is 11.4. The summed E-state index contributed by atoms with van der Waals surface area (Å²) in [6, 6.07) is 11.5. The molecule has 0 aliphatic carbocycles. The Bertz CT molecular complexity index is 876. The summed E-state index contributed by atoms with van der Waals surface area (Å²) in [5.41, 5.74) is 7.28. The van der Waals surface area contributed by atoms with E-state index in [-0.39, 0.29) is 11.4 Å². The molecule has 0 spiro atoms. The first-order valence-corrected chi connectivity index (χ1v) is 8.93. The van der Waals surface area contributed by atoms with Crippen LogP contribution in [0.5, 0.6) is 5.75 Å². The Balaban J connectivity index is 1.80. The van der Waals surface area contributed by atoms with Crippen molar-refractivity contribution in [3.63, 3.8) is 0 Å². The van der Waals surface area contributed by atoms with E-state index in [1.165, 1.54) is 11.4 Å². The molecule has 6 nitrogen and oxygen atoms in total. The van der Waals surface area contributed by atoms with Gasteiger partial charge in [0.2, 0.25) is 15.9 Å². The fourth-order valence-corrected chi connectivity index (χ4v) is 3.83. The molecule has 1 aliphatic rings. The number of hydrogen-bond acceptors (Lipinski definition) is 4. The van der Waals surface area contributed by atoms with Crippen molar-refractivity contribution in [2.45, 2.75) is 17.9 Å². The summed E-state index contributed by atoms with van der Waals surface area (Å²) < 4.78 is 32.1. The lowest BCUT2D eigenvalue weighted by atomic mass is 10.1. The number of nitrogens with two attached hydrogens (primary N) is 1. The Labute approximate surface area is 140 Å². The Kier molecular flexibility index (Phi) is 4.29. The van der Waals surface area contributed by atoms with Crippen molar-refractivity contribution in [3.8, 4) is 5.75 Å². The van der Waals surface area contributed by atoms with Crippen molar-refractivity contribution in [3.05, 3.63) is 59.2 Å². The number of sulfonamides is 1. The lowest BCUT2D eigenvalue weighted by molar-refractivity contribution is 0.1000. The first-order valence-electron chi connectivity index (χ1n) is 7.49. The molecule has 1 amide bonds. The van der Waals surface area contributed by atoms with Gasteiger partial charge in [-0.05, 0) is 41.5 Å². The zero-order valence-corrected chi connectivity index (χ0v) is 14.0. The number of benzene rings is 2. The number of fused-ring (bicyclic) bond motifs is 1. The van der Waals surface area contributed by atoms with Crippen LogP contribution in [0.1, 0.15) is 21.5 Å². The zero-order valence-electron chi connectivity index (χ0n) is 13.2. The summed E-state index contributed by atoms with van der Waals surface area (Å²) in [7, 11) is -2.07. The summed E-state index contributed by atoms with van der Waals surface area (Å²) in [6.07, 6.45) is 0.719. The van der Waals surface area contributed by atoms with Crippen molar-refractivity contribution in [2.24, 2.45) is 5.73 Å². The molecule has 0 fully saturated rings. The molecule has 0 atom stereocenters. The van der Waals surface area contributed by atoms with Gasteiger partial charge in [-0.15, -0.1) is 0 Å². The molecule has 2 aromatic rings. The molecule has 0 bridgehead atoms. The molecule has 0 radical (unpaired) electrons. The predicted octanol–water partition coefficient (Wildman–Crippen LogP) is 1.54. The number of carbonyl (C=O) groups excluding carboxylic acids is 1. The number of amides is 1. The molecule has 1 aliphatic heterocycles. The number of rotatable bonds is 5. The van der Waals surface area contributed by atoms with Gasteiger partial charge < -0.3 is 10.5 Å². The standard InChI is InChI=1S/C17H18N2O4S/c1-19(11-12-2-4-13(5-3-12)17(18)20)24(21,22)15-6-7-16-14(10-15)8-9-23-16/h2-7,10H,8-9,11H2,1H3,(H2,18,20). The van der Waals surface area contributed by atoms with Gasteiger partial charge in [-0.25, -0.2) is 8.42 Å². The van der Waals surface area contributed by atoms with Crippen LogP contribution in [0.3, 0.4) is 0 Å². The monoisotopic (exact) mass is 346 g/mol. The third-order valence-corrected chi connectivity index (χ3v) is 5.81. The molecule has 126 valence electrons. The van der Waals surface area contributed by atoms with Crippen LogP contribution in [0.2, 0.25) is 0 Å². The maximum Gasteiger partial charge on any atom is 0.248 e. The normalized spacial score (nSPS) is 13.6. The topological polar surface area (TPSA) is 89.7 Å².